The van der Waals surface area contributed by atoms with Crippen molar-refractivity contribution >= 4 is 22.4 Å². The number of ether oxygens (including phenoxy) is 1. The summed E-state index contributed by atoms with van der Waals surface area (Å²) < 4.78 is 5.13. The summed E-state index contributed by atoms with van der Waals surface area (Å²) in [5.74, 6) is 0.270. The number of hydrogen-bond acceptors (Lipinski definition) is 4. The predicted octanol–water partition coefficient (Wildman–Crippen LogP) is 4.97. The van der Waals surface area contributed by atoms with Gasteiger partial charge in [0.1, 0.15) is 11.3 Å². The third kappa shape index (κ3) is 3.43. The number of nitro groups is 1. The van der Waals surface area contributed by atoms with Gasteiger partial charge in [0.2, 0.25) is 5.78 Å². The Labute approximate surface area is 157 Å². The maximum Gasteiger partial charge on any atom is 0.281 e. The van der Waals surface area contributed by atoms with E-state index >= 15 is 0 Å². The van der Waals surface area contributed by atoms with Gasteiger partial charge in [0.15, 0.2) is 0 Å². The number of nitro benzene ring substituents is 1. The van der Waals surface area contributed by atoms with Gasteiger partial charge in [-0.25, -0.2) is 0 Å². The van der Waals surface area contributed by atoms with Gasteiger partial charge >= 0.3 is 0 Å². The molecule has 6 nitrogen and oxygen atoms in total. The van der Waals surface area contributed by atoms with E-state index in [1.807, 2.05) is 6.92 Å². The van der Waals surface area contributed by atoms with Crippen LogP contribution < -0.4 is 4.74 Å². The van der Waals surface area contributed by atoms with Gasteiger partial charge in [-0.1, -0.05) is 13.3 Å². The van der Waals surface area contributed by atoms with Gasteiger partial charge in [0.05, 0.1) is 12.0 Å². The van der Waals surface area contributed by atoms with Crippen LogP contribution in [0.2, 0.25) is 0 Å². The van der Waals surface area contributed by atoms with Crippen LogP contribution in [-0.2, 0) is 6.42 Å². The fourth-order valence-corrected chi connectivity index (χ4v) is 3.41. The maximum atomic E-state index is 13.3. The second kappa shape index (κ2) is 7.61. The van der Waals surface area contributed by atoms with Gasteiger partial charge in [-0.2, -0.15) is 0 Å². The number of ketones is 1. The molecule has 27 heavy (non-hydrogen) atoms. The Balaban J connectivity index is 2.25. The van der Waals surface area contributed by atoms with Crippen LogP contribution in [0.5, 0.6) is 5.75 Å². The van der Waals surface area contributed by atoms with E-state index in [1.54, 1.807) is 37.4 Å². The number of hydrogen-bond donors (Lipinski definition) is 1. The van der Waals surface area contributed by atoms with Crippen molar-refractivity contribution in [2.45, 2.75) is 33.1 Å². The van der Waals surface area contributed by atoms with Crippen molar-refractivity contribution in [1.29, 1.82) is 0 Å². The number of methoxy groups -OCH3 is 1. The summed E-state index contributed by atoms with van der Waals surface area (Å²) in [4.78, 5) is 27.7. The van der Waals surface area contributed by atoms with Crippen LogP contribution in [-0.4, -0.2) is 22.8 Å². The van der Waals surface area contributed by atoms with Crippen LogP contribution in [0.1, 0.15) is 46.9 Å². The van der Waals surface area contributed by atoms with E-state index in [-0.39, 0.29) is 17.0 Å². The third-order valence-corrected chi connectivity index (χ3v) is 4.82. The quantitative estimate of drug-likeness (QED) is 0.363. The number of aryl methyl sites for hydroxylation is 2. The Hall–Kier alpha value is -3.15. The summed E-state index contributed by atoms with van der Waals surface area (Å²) in [5.41, 5.74) is 3.06. The Bertz CT molecular complexity index is 1000. The molecule has 3 aromatic rings. The van der Waals surface area contributed by atoms with Crippen molar-refractivity contribution in [2.75, 3.05) is 7.11 Å². The number of carbonyl (C=O) groups is 1. The minimum absolute atomic E-state index is 0.151. The number of fused-ring (bicyclic) bond motifs is 1. The van der Waals surface area contributed by atoms with E-state index in [1.165, 1.54) is 6.07 Å². The number of aromatic nitrogens is 1. The molecular weight excluding hydrogens is 344 g/mol. The molecule has 3 rings (SSSR count). The highest BCUT2D eigenvalue weighted by atomic mass is 16.6. The van der Waals surface area contributed by atoms with Crippen LogP contribution in [0.4, 0.5) is 5.69 Å². The highest BCUT2D eigenvalue weighted by molar-refractivity contribution is 6.19. The number of unbranched alkanes of at least 4 members (excludes halogenated alkanes) is 1. The monoisotopic (exact) mass is 366 g/mol. The molecule has 0 saturated heterocycles. The molecule has 0 fully saturated rings. The molecule has 0 atom stereocenters. The summed E-state index contributed by atoms with van der Waals surface area (Å²) >= 11 is 0. The fourth-order valence-electron chi connectivity index (χ4n) is 3.41. The Morgan fingerprint density at radius 3 is 2.48 bits per heavy atom. The standard InChI is InChI=1S/C21H22N2O4/c1-4-5-6-16-13(2)22-17-11-12-18(23(25)26)20(19(16)17)21(24)14-7-9-15(27-3)10-8-14/h7-12,22H,4-6H2,1-3H3. The lowest BCUT2D eigenvalue weighted by Crippen LogP contribution is -2.07. The van der Waals surface area contributed by atoms with Gasteiger partial charge in [0, 0.05) is 28.2 Å². The van der Waals surface area contributed by atoms with Crippen molar-refractivity contribution in [3.05, 3.63) is 68.9 Å². The average Bonchev–Trinajstić information content (AvgIpc) is 3.00. The van der Waals surface area contributed by atoms with Crippen molar-refractivity contribution in [2.24, 2.45) is 0 Å². The first-order valence-electron chi connectivity index (χ1n) is 8.95. The van der Waals surface area contributed by atoms with Gasteiger partial charge in [-0.05, 0) is 55.7 Å². The molecule has 0 bridgehead atoms. The predicted molar refractivity (Wildman–Crippen MR) is 105 cm³/mol. The number of benzene rings is 2. The Morgan fingerprint density at radius 2 is 1.89 bits per heavy atom. The zero-order chi connectivity index (χ0) is 19.6. The summed E-state index contributed by atoms with van der Waals surface area (Å²) in [6, 6.07) is 9.71. The molecule has 140 valence electrons. The number of nitrogens with zero attached hydrogens (tertiary/aromatic N) is 1. The SMILES string of the molecule is CCCCc1c(C)[nH]c2ccc([N+](=O)[O-])c(C(=O)c3ccc(OC)cc3)c12. The number of H-pyrrole nitrogens is 1. The lowest BCUT2D eigenvalue weighted by Gasteiger charge is -2.08. The molecule has 0 spiro atoms. The highest BCUT2D eigenvalue weighted by Gasteiger charge is 2.27. The zero-order valence-corrected chi connectivity index (χ0v) is 15.7. The first kappa shape index (κ1) is 18.6. The number of rotatable bonds is 7. The molecule has 1 N–H and O–H groups in total. The summed E-state index contributed by atoms with van der Waals surface area (Å²) in [6.45, 7) is 4.04. The zero-order valence-electron chi connectivity index (χ0n) is 15.7. The van der Waals surface area contributed by atoms with Gasteiger partial charge in [-0.3, -0.25) is 14.9 Å². The minimum atomic E-state index is -0.484. The Kier molecular flexibility index (Phi) is 5.26. The number of aromatic amines is 1. The molecule has 1 heterocycles. The molecule has 2 aromatic carbocycles. The molecule has 0 amide bonds. The largest absolute Gasteiger partial charge is 0.497 e. The van der Waals surface area contributed by atoms with Crippen molar-refractivity contribution < 1.29 is 14.5 Å². The van der Waals surface area contributed by atoms with Crippen LogP contribution in [0.15, 0.2) is 36.4 Å². The molecule has 0 saturated carbocycles. The first-order valence-corrected chi connectivity index (χ1v) is 8.95. The van der Waals surface area contributed by atoms with E-state index in [2.05, 4.69) is 11.9 Å². The third-order valence-electron chi connectivity index (χ3n) is 4.82. The molecular formula is C21H22N2O4. The molecule has 0 aliphatic rings. The van der Waals surface area contributed by atoms with Crippen molar-refractivity contribution in [3.8, 4) is 5.75 Å². The van der Waals surface area contributed by atoms with E-state index in [0.29, 0.717) is 16.7 Å². The average molecular weight is 366 g/mol. The molecule has 1 aromatic heterocycles. The first-order chi connectivity index (χ1) is 13.0. The lowest BCUT2D eigenvalue weighted by atomic mass is 9.94. The van der Waals surface area contributed by atoms with Gasteiger partial charge < -0.3 is 9.72 Å². The van der Waals surface area contributed by atoms with Crippen LogP contribution >= 0.6 is 0 Å². The molecule has 0 radical (unpaired) electrons. The molecule has 6 heteroatoms. The lowest BCUT2D eigenvalue weighted by molar-refractivity contribution is -0.385. The Morgan fingerprint density at radius 1 is 1.19 bits per heavy atom. The van der Waals surface area contributed by atoms with Gasteiger partial charge in [-0.15, -0.1) is 0 Å². The summed E-state index contributed by atoms with van der Waals surface area (Å²) in [7, 11) is 1.55. The smallest absolute Gasteiger partial charge is 0.281 e. The van der Waals surface area contributed by atoms with Crippen molar-refractivity contribution in [3.63, 3.8) is 0 Å². The fraction of sp³-hybridized carbons (Fsp3) is 0.286. The highest BCUT2D eigenvalue weighted by Crippen LogP contribution is 2.35. The van der Waals surface area contributed by atoms with Crippen molar-refractivity contribution in [1.82, 2.24) is 4.98 Å². The van der Waals surface area contributed by atoms with E-state index in [0.717, 1.165) is 36.0 Å². The second-order valence-electron chi connectivity index (χ2n) is 6.53. The van der Waals surface area contributed by atoms with E-state index in [9.17, 15) is 14.9 Å². The number of nitrogens with one attached hydrogen (secondary N) is 1. The molecule has 0 aliphatic heterocycles. The second-order valence-corrected chi connectivity index (χ2v) is 6.53. The van der Waals surface area contributed by atoms with E-state index in [4.69, 9.17) is 4.74 Å². The summed E-state index contributed by atoms with van der Waals surface area (Å²) in [5, 5.41) is 12.3. The van der Waals surface area contributed by atoms with Crippen LogP contribution in [0.25, 0.3) is 10.9 Å². The molecule has 0 aliphatic carbocycles. The summed E-state index contributed by atoms with van der Waals surface area (Å²) in [6.07, 6.45) is 2.72. The number of carbonyl (C=O) groups excluding carboxylic acids is 1. The maximum absolute atomic E-state index is 13.3. The topological polar surface area (TPSA) is 85.2 Å². The van der Waals surface area contributed by atoms with Crippen LogP contribution in [0, 0.1) is 17.0 Å². The molecule has 0 unspecified atom stereocenters. The minimum Gasteiger partial charge on any atom is -0.497 e. The van der Waals surface area contributed by atoms with Crippen LogP contribution in [0.3, 0.4) is 0 Å². The van der Waals surface area contributed by atoms with E-state index < -0.39 is 4.92 Å². The normalized spacial score (nSPS) is 10.9. The van der Waals surface area contributed by atoms with Gasteiger partial charge in [0.25, 0.3) is 5.69 Å².